The Bertz CT molecular complexity index is 339. The second-order valence-corrected chi connectivity index (χ2v) is 4.41. The highest BCUT2D eigenvalue weighted by atomic mass is 16.5. The van der Waals surface area contributed by atoms with E-state index in [2.05, 4.69) is 38.2 Å². The molecule has 0 aromatic heterocycles. The van der Waals surface area contributed by atoms with Gasteiger partial charge in [0.25, 0.3) is 0 Å². The lowest BCUT2D eigenvalue weighted by molar-refractivity contribution is 0.169. The molecule has 1 aromatic rings. The van der Waals surface area contributed by atoms with Gasteiger partial charge in [-0.05, 0) is 44.0 Å². The molecule has 17 heavy (non-hydrogen) atoms. The average Bonchev–Trinajstić information content (AvgIpc) is 2.29. The fourth-order valence-electron chi connectivity index (χ4n) is 1.59. The first-order valence-corrected chi connectivity index (χ1v) is 6.06. The van der Waals surface area contributed by atoms with Gasteiger partial charge in [-0.2, -0.15) is 0 Å². The van der Waals surface area contributed by atoms with E-state index in [4.69, 9.17) is 9.47 Å². The van der Waals surface area contributed by atoms with E-state index < -0.39 is 0 Å². The molecule has 0 saturated heterocycles. The summed E-state index contributed by atoms with van der Waals surface area (Å²) in [7, 11) is 1.71. The molecule has 0 amide bonds. The first-order chi connectivity index (χ1) is 8.13. The molecule has 0 bridgehead atoms. The number of nitrogens with one attached hydrogen (secondary N) is 1. The van der Waals surface area contributed by atoms with Crippen LogP contribution in [-0.2, 0) is 4.74 Å². The molecule has 1 atom stereocenters. The van der Waals surface area contributed by atoms with E-state index in [0.717, 1.165) is 18.9 Å². The van der Waals surface area contributed by atoms with Crippen LogP contribution in [-0.4, -0.2) is 32.9 Å². The quantitative estimate of drug-likeness (QED) is 0.738. The largest absolute Gasteiger partial charge is 0.492 e. The highest BCUT2D eigenvalue weighted by Gasteiger charge is 2.00. The van der Waals surface area contributed by atoms with Crippen LogP contribution in [0.4, 0.5) is 0 Å². The van der Waals surface area contributed by atoms with Gasteiger partial charge in [0.2, 0.25) is 0 Å². The Hall–Kier alpha value is -1.06. The summed E-state index contributed by atoms with van der Waals surface area (Å²) >= 11 is 0. The van der Waals surface area contributed by atoms with Crippen molar-refractivity contribution in [3.8, 4) is 5.75 Å². The minimum atomic E-state index is 0.364. The van der Waals surface area contributed by atoms with Gasteiger partial charge in [0.05, 0.1) is 6.61 Å². The Morgan fingerprint density at radius 1 is 1.24 bits per heavy atom. The zero-order chi connectivity index (χ0) is 12.7. The third-order valence-corrected chi connectivity index (χ3v) is 2.76. The number of ether oxygens (including phenoxy) is 2. The van der Waals surface area contributed by atoms with Crippen molar-refractivity contribution >= 4 is 0 Å². The van der Waals surface area contributed by atoms with Gasteiger partial charge in [0, 0.05) is 19.7 Å². The van der Waals surface area contributed by atoms with Crippen molar-refractivity contribution in [3.63, 3.8) is 0 Å². The van der Waals surface area contributed by atoms with E-state index >= 15 is 0 Å². The summed E-state index contributed by atoms with van der Waals surface area (Å²) in [4.78, 5) is 0. The van der Waals surface area contributed by atoms with Crippen molar-refractivity contribution in [2.75, 3.05) is 26.9 Å². The van der Waals surface area contributed by atoms with E-state index in [9.17, 15) is 0 Å². The fraction of sp³-hybridized carbons (Fsp3) is 0.571. The predicted octanol–water partition coefficient (Wildman–Crippen LogP) is 2.31. The van der Waals surface area contributed by atoms with Crippen molar-refractivity contribution in [3.05, 3.63) is 29.3 Å². The van der Waals surface area contributed by atoms with Gasteiger partial charge in [0.1, 0.15) is 12.4 Å². The second-order valence-electron chi connectivity index (χ2n) is 4.41. The van der Waals surface area contributed by atoms with Gasteiger partial charge >= 0.3 is 0 Å². The van der Waals surface area contributed by atoms with Crippen LogP contribution in [0, 0.1) is 13.8 Å². The molecule has 3 nitrogen and oxygen atoms in total. The molecule has 0 saturated carbocycles. The Morgan fingerprint density at radius 2 is 2.00 bits per heavy atom. The molecule has 0 heterocycles. The van der Waals surface area contributed by atoms with E-state index in [1.54, 1.807) is 7.11 Å². The maximum Gasteiger partial charge on any atom is 0.119 e. The van der Waals surface area contributed by atoms with Crippen LogP contribution in [0.3, 0.4) is 0 Å². The minimum Gasteiger partial charge on any atom is -0.492 e. The molecule has 0 fully saturated rings. The van der Waals surface area contributed by atoms with Gasteiger partial charge in [-0.15, -0.1) is 0 Å². The number of hydrogen-bond acceptors (Lipinski definition) is 3. The van der Waals surface area contributed by atoms with Gasteiger partial charge in [0.15, 0.2) is 0 Å². The molecular weight excluding hydrogens is 214 g/mol. The van der Waals surface area contributed by atoms with Gasteiger partial charge in [-0.3, -0.25) is 0 Å². The van der Waals surface area contributed by atoms with E-state index in [-0.39, 0.29) is 0 Å². The van der Waals surface area contributed by atoms with Gasteiger partial charge in [-0.1, -0.05) is 6.07 Å². The molecule has 1 N–H and O–H groups in total. The summed E-state index contributed by atoms with van der Waals surface area (Å²) < 4.78 is 10.7. The van der Waals surface area contributed by atoms with Gasteiger partial charge in [-0.25, -0.2) is 0 Å². The molecule has 3 heteroatoms. The summed E-state index contributed by atoms with van der Waals surface area (Å²) in [5, 5.41) is 3.33. The van der Waals surface area contributed by atoms with Crippen molar-refractivity contribution in [1.29, 1.82) is 0 Å². The Labute approximate surface area is 104 Å². The molecule has 1 unspecified atom stereocenters. The van der Waals surface area contributed by atoms with Crippen LogP contribution in [0.5, 0.6) is 5.75 Å². The lowest BCUT2D eigenvalue weighted by Gasteiger charge is -2.13. The number of methoxy groups -OCH3 is 1. The number of rotatable bonds is 7. The predicted molar refractivity (Wildman–Crippen MR) is 70.8 cm³/mol. The second kappa shape index (κ2) is 7.30. The van der Waals surface area contributed by atoms with Crippen molar-refractivity contribution in [1.82, 2.24) is 5.32 Å². The number of aryl methyl sites for hydroxylation is 2. The summed E-state index contributed by atoms with van der Waals surface area (Å²) in [6.45, 7) is 8.53. The van der Waals surface area contributed by atoms with Crippen molar-refractivity contribution in [2.45, 2.75) is 26.8 Å². The highest BCUT2D eigenvalue weighted by Crippen LogP contribution is 2.15. The Kier molecular flexibility index (Phi) is 6.01. The summed E-state index contributed by atoms with van der Waals surface area (Å²) in [6, 6.07) is 6.55. The zero-order valence-corrected chi connectivity index (χ0v) is 11.2. The molecule has 0 aliphatic heterocycles. The van der Waals surface area contributed by atoms with Crippen molar-refractivity contribution < 1.29 is 9.47 Å². The SMILES string of the molecule is COCC(C)NCCOc1ccc(C)c(C)c1. The fourth-order valence-corrected chi connectivity index (χ4v) is 1.59. The molecule has 0 spiro atoms. The third kappa shape index (κ3) is 5.20. The van der Waals surface area contributed by atoms with Crippen LogP contribution in [0.25, 0.3) is 0 Å². The standard InChI is InChI=1S/C14H23NO2/c1-11-5-6-14(9-12(11)2)17-8-7-15-13(3)10-16-4/h5-6,9,13,15H,7-8,10H2,1-4H3. The molecule has 0 aliphatic carbocycles. The van der Waals surface area contributed by atoms with E-state index in [0.29, 0.717) is 12.6 Å². The van der Waals surface area contributed by atoms with Crippen LogP contribution in [0.15, 0.2) is 18.2 Å². The smallest absolute Gasteiger partial charge is 0.119 e. The number of hydrogen-bond donors (Lipinski definition) is 1. The Balaban J connectivity index is 2.24. The number of benzene rings is 1. The van der Waals surface area contributed by atoms with Crippen LogP contribution >= 0.6 is 0 Å². The van der Waals surface area contributed by atoms with Crippen molar-refractivity contribution in [2.24, 2.45) is 0 Å². The first kappa shape index (κ1) is 14.0. The Morgan fingerprint density at radius 3 is 2.65 bits per heavy atom. The monoisotopic (exact) mass is 237 g/mol. The highest BCUT2D eigenvalue weighted by molar-refractivity contribution is 5.33. The molecule has 1 rings (SSSR count). The third-order valence-electron chi connectivity index (χ3n) is 2.76. The summed E-state index contributed by atoms with van der Waals surface area (Å²) in [5.74, 6) is 0.939. The van der Waals surface area contributed by atoms with Crippen LogP contribution in [0.1, 0.15) is 18.1 Å². The first-order valence-electron chi connectivity index (χ1n) is 6.06. The maximum absolute atomic E-state index is 5.67. The van der Waals surface area contributed by atoms with Crippen LogP contribution in [0.2, 0.25) is 0 Å². The van der Waals surface area contributed by atoms with E-state index in [1.165, 1.54) is 11.1 Å². The molecular formula is C14H23NO2. The molecule has 96 valence electrons. The minimum absolute atomic E-state index is 0.364. The molecule has 0 aliphatic rings. The lowest BCUT2D eigenvalue weighted by atomic mass is 10.1. The topological polar surface area (TPSA) is 30.5 Å². The summed E-state index contributed by atoms with van der Waals surface area (Å²) in [5.41, 5.74) is 2.56. The molecule has 1 aromatic carbocycles. The van der Waals surface area contributed by atoms with E-state index in [1.807, 2.05) is 6.07 Å². The zero-order valence-electron chi connectivity index (χ0n) is 11.2. The van der Waals surface area contributed by atoms with Crippen LogP contribution < -0.4 is 10.1 Å². The average molecular weight is 237 g/mol. The normalized spacial score (nSPS) is 12.5. The lowest BCUT2D eigenvalue weighted by Crippen LogP contribution is -2.33. The summed E-state index contributed by atoms with van der Waals surface area (Å²) in [6.07, 6.45) is 0. The van der Waals surface area contributed by atoms with Gasteiger partial charge < -0.3 is 14.8 Å². The molecule has 0 radical (unpaired) electrons. The maximum atomic E-state index is 5.67.